The molecule has 3 heterocycles. The zero-order chi connectivity index (χ0) is 14.9. The molecule has 0 saturated heterocycles. The van der Waals surface area contributed by atoms with E-state index >= 15 is 0 Å². The highest BCUT2D eigenvalue weighted by Gasteiger charge is 2.10. The minimum absolute atomic E-state index is 0.759. The molecule has 0 unspecified atom stereocenters. The molecule has 1 aliphatic heterocycles. The van der Waals surface area contributed by atoms with E-state index < -0.39 is 0 Å². The first-order valence-corrected chi connectivity index (χ1v) is 9.33. The number of thiazole rings is 2. The van der Waals surface area contributed by atoms with Crippen molar-refractivity contribution in [2.75, 3.05) is 0 Å². The first-order chi connectivity index (χ1) is 10.8. The topological polar surface area (TPSA) is 43.1 Å². The molecule has 1 aliphatic rings. The molecule has 0 amide bonds. The SMILES string of the molecule is Cc1nc2ccc(CC3=C[N-]N(Cc4nccs4)S3)cc2s1. The average molecular weight is 345 g/mol. The zero-order valence-corrected chi connectivity index (χ0v) is 14.3. The lowest BCUT2D eigenvalue weighted by Crippen LogP contribution is -2.04. The highest BCUT2D eigenvalue weighted by molar-refractivity contribution is 8.01. The standard InChI is InChI=1S/C15H13N4S3/c1-10-18-13-3-2-11(7-14(13)21-10)6-12-8-17-19(22-12)9-15-16-4-5-20-15/h2-5,7-8H,6,9H2,1H3/q-1. The highest BCUT2D eigenvalue weighted by atomic mass is 32.2. The van der Waals surface area contributed by atoms with E-state index in [9.17, 15) is 0 Å². The Kier molecular flexibility index (Phi) is 3.87. The smallest absolute Gasteiger partial charge is 0.106 e. The highest BCUT2D eigenvalue weighted by Crippen LogP contribution is 2.36. The average Bonchev–Trinajstić information content (AvgIpc) is 3.20. The predicted octanol–water partition coefficient (Wildman–Crippen LogP) is 4.90. The fraction of sp³-hybridized carbons (Fsp3) is 0.200. The van der Waals surface area contributed by atoms with Crippen LogP contribution in [0.25, 0.3) is 15.6 Å². The van der Waals surface area contributed by atoms with Gasteiger partial charge in [0.05, 0.1) is 15.2 Å². The Bertz CT molecular complexity index is 823. The van der Waals surface area contributed by atoms with Gasteiger partial charge >= 0.3 is 0 Å². The first-order valence-electron chi connectivity index (χ1n) is 6.86. The number of hydrogen-bond donors (Lipinski definition) is 0. The minimum atomic E-state index is 0.759. The lowest BCUT2D eigenvalue weighted by molar-refractivity contribution is 0.597. The molecular formula is C15H13N4S3-. The van der Waals surface area contributed by atoms with Crippen molar-refractivity contribution in [2.24, 2.45) is 0 Å². The molecule has 1 aromatic carbocycles. The maximum Gasteiger partial charge on any atom is 0.106 e. The van der Waals surface area contributed by atoms with Crippen LogP contribution < -0.4 is 0 Å². The number of benzene rings is 1. The van der Waals surface area contributed by atoms with Crippen LogP contribution in [0.3, 0.4) is 0 Å². The van der Waals surface area contributed by atoms with Crippen molar-refractivity contribution in [1.29, 1.82) is 0 Å². The van der Waals surface area contributed by atoms with Crippen LogP contribution in [0.2, 0.25) is 0 Å². The van der Waals surface area contributed by atoms with E-state index in [1.54, 1.807) is 34.6 Å². The van der Waals surface area contributed by atoms with Gasteiger partial charge in [0.15, 0.2) is 0 Å². The van der Waals surface area contributed by atoms with Crippen LogP contribution in [0, 0.1) is 6.92 Å². The van der Waals surface area contributed by atoms with Crippen molar-refractivity contribution in [3.8, 4) is 0 Å². The molecule has 0 bridgehead atoms. The summed E-state index contributed by atoms with van der Waals surface area (Å²) in [4.78, 5) is 10.1. The van der Waals surface area contributed by atoms with Gasteiger partial charge in [0, 0.05) is 24.5 Å². The van der Waals surface area contributed by atoms with Gasteiger partial charge in [-0.1, -0.05) is 18.0 Å². The third-order valence-electron chi connectivity index (χ3n) is 3.25. The van der Waals surface area contributed by atoms with E-state index in [2.05, 4.69) is 40.5 Å². The summed E-state index contributed by atoms with van der Waals surface area (Å²) in [6.07, 6.45) is 4.71. The summed E-state index contributed by atoms with van der Waals surface area (Å²) in [5.41, 5.74) is 6.84. The number of rotatable bonds is 4. The molecule has 0 saturated carbocycles. The first kappa shape index (κ1) is 14.2. The second-order valence-corrected chi connectivity index (χ2v) is 8.29. The molecule has 4 rings (SSSR count). The monoisotopic (exact) mass is 345 g/mol. The lowest BCUT2D eigenvalue weighted by atomic mass is 10.1. The Balaban J connectivity index is 1.42. The van der Waals surface area contributed by atoms with Gasteiger partial charge in [-0.2, -0.15) is 6.20 Å². The molecule has 4 nitrogen and oxygen atoms in total. The Hall–Kier alpha value is -1.41. The van der Waals surface area contributed by atoms with Crippen LogP contribution in [0.5, 0.6) is 0 Å². The molecule has 0 radical (unpaired) electrons. The van der Waals surface area contributed by atoms with Crippen LogP contribution in [-0.2, 0) is 13.0 Å². The fourth-order valence-electron chi connectivity index (χ4n) is 2.30. The van der Waals surface area contributed by atoms with Gasteiger partial charge in [-0.25, -0.2) is 9.97 Å². The van der Waals surface area contributed by atoms with E-state index in [0.29, 0.717) is 0 Å². The van der Waals surface area contributed by atoms with E-state index in [-0.39, 0.29) is 0 Å². The Morgan fingerprint density at radius 2 is 2.27 bits per heavy atom. The van der Waals surface area contributed by atoms with E-state index in [1.165, 1.54) is 15.2 Å². The largest absolute Gasteiger partial charge is 0.615 e. The van der Waals surface area contributed by atoms with Crippen LogP contribution in [-0.4, -0.2) is 14.4 Å². The fourth-order valence-corrected chi connectivity index (χ4v) is 4.75. The van der Waals surface area contributed by atoms with Crippen molar-refractivity contribution in [3.63, 3.8) is 0 Å². The van der Waals surface area contributed by atoms with Crippen molar-refractivity contribution < 1.29 is 0 Å². The Labute approximate surface area is 141 Å². The third-order valence-corrected chi connectivity index (χ3v) is 5.86. The normalized spacial score (nSPS) is 15.2. The van der Waals surface area contributed by atoms with Crippen molar-refractivity contribution in [1.82, 2.24) is 14.4 Å². The summed E-state index contributed by atoms with van der Waals surface area (Å²) in [6.45, 7) is 2.81. The lowest BCUT2D eigenvalue weighted by Gasteiger charge is -2.26. The summed E-state index contributed by atoms with van der Waals surface area (Å²) in [5.74, 6) is 0. The molecular weight excluding hydrogens is 332 g/mol. The van der Waals surface area contributed by atoms with Crippen LogP contribution in [0.15, 0.2) is 40.9 Å². The van der Waals surface area contributed by atoms with Crippen molar-refractivity contribution in [2.45, 2.75) is 19.9 Å². The van der Waals surface area contributed by atoms with Gasteiger partial charge in [-0.3, -0.25) is 0 Å². The van der Waals surface area contributed by atoms with Gasteiger partial charge in [0.1, 0.15) is 5.01 Å². The number of aryl methyl sites for hydroxylation is 1. The predicted molar refractivity (Wildman–Crippen MR) is 94.8 cm³/mol. The number of fused-ring (bicyclic) bond motifs is 1. The number of allylic oxidation sites excluding steroid dienone is 1. The number of nitrogens with zero attached hydrogens (tertiary/aromatic N) is 4. The number of aromatic nitrogens is 2. The molecule has 0 atom stereocenters. The Morgan fingerprint density at radius 1 is 1.32 bits per heavy atom. The molecule has 0 N–H and O–H groups in total. The van der Waals surface area contributed by atoms with Gasteiger partial charge in [-0.05, 0) is 29.5 Å². The molecule has 0 spiro atoms. The van der Waals surface area contributed by atoms with E-state index in [0.717, 1.165) is 28.5 Å². The maximum atomic E-state index is 4.51. The minimum Gasteiger partial charge on any atom is -0.615 e. The van der Waals surface area contributed by atoms with Crippen LogP contribution >= 0.6 is 34.6 Å². The molecule has 0 fully saturated rings. The summed E-state index contributed by atoms with van der Waals surface area (Å²) >= 11 is 5.11. The molecule has 3 aromatic rings. The van der Waals surface area contributed by atoms with Gasteiger partial charge < -0.3 is 9.84 Å². The van der Waals surface area contributed by atoms with Gasteiger partial charge in [0.25, 0.3) is 0 Å². The summed E-state index contributed by atoms with van der Waals surface area (Å²) < 4.78 is 3.25. The van der Waals surface area contributed by atoms with E-state index in [1.807, 2.05) is 22.2 Å². The molecule has 2 aromatic heterocycles. The molecule has 112 valence electrons. The quantitative estimate of drug-likeness (QED) is 0.631. The second kappa shape index (κ2) is 6.00. The number of hydrogen-bond acceptors (Lipinski definition) is 6. The van der Waals surface area contributed by atoms with Crippen LogP contribution in [0.4, 0.5) is 0 Å². The third kappa shape index (κ3) is 3.03. The second-order valence-electron chi connectivity index (χ2n) is 4.95. The summed E-state index contributed by atoms with van der Waals surface area (Å²) in [5, 5.41) is 4.20. The van der Waals surface area contributed by atoms with Crippen LogP contribution in [0.1, 0.15) is 15.6 Å². The van der Waals surface area contributed by atoms with Crippen molar-refractivity contribution >= 4 is 44.8 Å². The zero-order valence-electron chi connectivity index (χ0n) is 11.9. The summed E-state index contributed by atoms with van der Waals surface area (Å²) in [7, 11) is 0. The molecule has 22 heavy (non-hydrogen) atoms. The van der Waals surface area contributed by atoms with Gasteiger partial charge in [-0.15, -0.1) is 22.7 Å². The van der Waals surface area contributed by atoms with E-state index in [4.69, 9.17) is 0 Å². The molecule has 7 heteroatoms. The Morgan fingerprint density at radius 3 is 3.14 bits per heavy atom. The van der Waals surface area contributed by atoms with Gasteiger partial charge in [0.2, 0.25) is 0 Å². The molecule has 0 aliphatic carbocycles. The maximum absolute atomic E-state index is 4.51. The van der Waals surface area contributed by atoms with Crippen molar-refractivity contribution in [3.05, 3.63) is 61.9 Å². The summed E-state index contributed by atoms with van der Waals surface area (Å²) in [6, 6.07) is 6.51.